The van der Waals surface area contributed by atoms with Gasteiger partial charge < -0.3 is 9.04 Å². The third-order valence-electron chi connectivity index (χ3n) is 1.32. The summed E-state index contributed by atoms with van der Waals surface area (Å²) >= 11 is 0. The Balaban J connectivity index is 4.41. The molecule has 5 nitrogen and oxygen atoms in total. The van der Waals surface area contributed by atoms with Crippen molar-refractivity contribution in [3.63, 3.8) is 0 Å². The van der Waals surface area contributed by atoms with Crippen molar-refractivity contribution in [2.24, 2.45) is 0 Å². The summed E-state index contributed by atoms with van der Waals surface area (Å²) in [5.41, 5.74) is 0. The first-order valence-corrected chi connectivity index (χ1v) is 5.15. The van der Waals surface area contributed by atoms with Crippen molar-refractivity contribution in [1.82, 2.24) is 0 Å². The van der Waals surface area contributed by atoms with Crippen LogP contribution in [-0.4, -0.2) is 49.8 Å². The highest BCUT2D eigenvalue weighted by molar-refractivity contribution is 7.85. The molecule has 0 spiro atoms. The van der Waals surface area contributed by atoms with Gasteiger partial charge in [0.05, 0.1) is 14.1 Å². The van der Waals surface area contributed by atoms with Crippen LogP contribution in [0.25, 0.3) is 0 Å². The second-order valence-electron chi connectivity index (χ2n) is 3.45. The molecule has 0 heterocycles. The van der Waals surface area contributed by atoms with Gasteiger partial charge in [0.15, 0.2) is 5.88 Å². The van der Waals surface area contributed by atoms with Crippen molar-refractivity contribution in [2.45, 2.75) is 0 Å². The molecule has 0 aromatic rings. The number of rotatable bonds is 5. The van der Waals surface area contributed by atoms with Gasteiger partial charge in [-0.3, -0.25) is 4.79 Å². The first-order chi connectivity index (χ1) is 5.66. The van der Waals surface area contributed by atoms with Crippen LogP contribution in [0.3, 0.4) is 0 Å². The van der Waals surface area contributed by atoms with Gasteiger partial charge in [-0.1, -0.05) is 6.58 Å². The maximum atomic E-state index is 10.9. The monoisotopic (exact) mass is 207 g/mol. The Morgan fingerprint density at radius 2 is 2.00 bits per heavy atom. The van der Waals surface area contributed by atoms with Gasteiger partial charge in [-0.05, 0) is 6.08 Å². The minimum atomic E-state index is -4.30. The number of carbonyl (C=O) groups is 1. The SMILES string of the molecule is C=CC(=O)C[N+](C)(C)CS(=O)(=O)[O-]. The molecule has 0 rings (SSSR count). The summed E-state index contributed by atoms with van der Waals surface area (Å²) in [6.07, 6.45) is 1.11. The molecule has 0 unspecified atom stereocenters. The van der Waals surface area contributed by atoms with Gasteiger partial charge in [0.1, 0.15) is 16.7 Å². The lowest BCUT2D eigenvalue weighted by atomic mass is 10.3. The van der Waals surface area contributed by atoms with E-state index in [2.05, 4.69) is 6.58 Å². The Bertz CT molecular complexity index is 304. The molecular weight excluding hydrogens is 194 g/mol. The van der Waals surface area contributed by atoms with Crippen molar-refractivity contribution < 1.29 is 22.2 Å². The van der Waals surface area contributed by atoms with Gasteiger partial charge in [-0.15, -0.1) is 0 Å². The number of nitrogens with zero attached hydrogens (tertiary/aromatic N) is 1. The van der Waals surface area contributed by atoms with Crippen LogP contribution < -0.4 is 0 Å². The fraction of sp³-hybridized carbons (Fsp3) is 0.571. The zero-order chi connectivity index (χ0) is 10.7. The number of carbonyl (C=O) groups excluding carboxylic acids is 1. The first-order valence-electron chi connectivity index (χ1n) is 3.57. The highest BCUT2D eigenvalue weighted by atomic mass is 32.2. The molecule has 0 atom stereocenters. The van der Waals surface area contributed by atoms with Gasteiger partial charge in [0.25, 0.3) is 0 Å². The number of hydrogen-bond donors (Lipinski definition) is 0. The molecule has 0 radical (unpaired) electrons. The first kappa shape index (κ1) is 12.3. The van der Waals surface area contributed by atoms with Crippen LogP contribution in [0, 0.1) is 0 Å². The topological polar surface area (TPSA) is 74.3 Å². The smallest absolute Gasteiger partial charge is 0.209 e. The fourth-order valence-electron chi connectivity index (χ4n) is 0.960. The van der Waals surface area contributed by atoms with Crippen LogP contribution in [0.4, 0.5) is 0 Å². The molecule has 0 aromatic heterocycles. The minimum Gasteiger partial charge on any atom is -0.744 e. The quantitative estimate of drug-likeness (QED) is 0.340. The number of hydrogen-bond acceptors (Lipinski definition) is 4. The van der Waals surface area contributed by atoms with E-state index in [1.165, 1.54) is 14.1 Å². The van der Waals surface area contributed by atoms with Crippen LogP contribution in [0.2, 0.25) is 0 Å². The molecule has 0 bridgehead atoms. The Hall–Kier alpha value is -0.720. The Morgan fingerprint density at radius 1 is 1.54 bits per heavy atom. The van der Waals surface area contributed by atoms with E-state index in [0.29, 0.717) is 0 Å². The van der Waals surface area contributed by atoms with E-state index in [9.17, 15) is 17.8 Å². The molecule has 0 aliphatic carbocycles. The van der Waals surface area contributed by atoms with Crippen molar-refractivity contribution in [3.8, 4) is 0 Å². The summed E-state index contributed by atoms with van der Waals surface area (Å²) in [4.78, 5) is 10.9. The van der Waals surface area contributed by atoms with Crippen molar-refractivity contribution in [3.05, 3.63) is 12.7 Å². The lowest BCUT2D eigenvalue weighted by Crippen LogP contribution is -2.46. The van der Waals surface area contributed by atoms with E-state index in [0.717, 1.165) is 6.08 Å². The number of ketones is 1. The molecule has 0 aliphatic heterocycles. The zero-order valence-corrected chi connectivity index (χ0v) is 8.50. The number of quaternary nitrogens is 1. The maximum Gasteiger partial charge on any atom is 0.209 e. The molecule has 0 aliphatic rings. The summed E-state index contributed by atoms with van der Waals surface area (Å²) in [5.74, 6) is -0.874. The van der Waals surface area contributed by atoms with Crippen molar-refractivity contribution >= 4 is 15.9 Å². The predicted molar refractivity (Wildman–Crippen MR) is 46.7 cm³/mol. The second kappa shape index (κ2) is 3.99. The molecule has 13 heavy (non-hydrogen) atoms. The molecule has 6 heteroatoms. The zero-order valence-electron chi connectivity index (χ0n) is 7.69. The van der Waals surface area contributed by atoms with Crippen molar-refractivity contribution in [1.29, 1.82) is 0 Å². The van der Waals surface area contributed by atoms with Crippen molar-refractivity contribution in [2.75, 3.05) is 26.5 Å². The second-order valence-corrected chi connectivity index (χ2v) is 4.82. The lowest BCUT2D eigenvalue weighted by molar-refractivity contribution is -0.870. The van der Waals surface area contributed by atoms with Gasteiger partial charge in [-0.2, -0.15) is 0 Å². The van der Waals surface area contributed by atoms with Crippen LogP contribution >= 0.6 is 0 Å². The molecule has 0 amide bonds. The standard InChI is InChI=1S/C7H13NO4S/c1-4-7(9)5-8(2,3)6-13(10,11)12/h4H,1,5-6H2,2-3H3. The summed E-state index contributed by atoms with van der Waals surface area (Å²) in [7, 11) is -1.31. The van der Waals surface area contributed by atoms with Crippen LogP contribution in [0.1, 0.15) is 0 Å². The highest BCUT2D eigenvalue weighted by Crippen LogP contribution is 2.00. The van der Waals surface area contributed by atoms with E-state index in [-0.39, 0.29) is 16.8 Å². The molecular formula is C7H13NO4S. The van der Waals surface area contributed by atoms with Crippen LogP contribution in [0.15, 0.2) is 12.7 Å². The summed E-state index contributed by atoms with van der Waals surface area (Å²) in [5, 5.41) is 0. The molecule has 0 aromatic carbocycles. The average Bonchev–Trinajstić information content (AvgIpc) is 1.80. The van der Waals surface area contributed by atoms with E-state index < -0.39 is 16.0 Å². The normalized spacial score (nSPS) is 12.5. The van der Waals surface area contributed by atoms with E-state index in [1.54, 1.807) is 0 Å². The van der Waals surface area contributed by atoms with Crippen LogP contribution in [0.5, 0.6) is 0 Å². The average molecular weight is 207 g/mol. The van der Waals surface area contributed by atoms with Crippen LogP contribution in [-0.2, 0) is 14.9 Å². The Labute approximate surface area is 78.0 Å². The van der Waals surface area contributed by atoms with E-state index in [1.807, 2.05) is 0 Å². The Morgan fingerprint density at radius 3 is 2.31 bits per heavy atom. The fourth-order valence-corrected chi connectivity index (χ4v) is 1.91. The predicted octanol–water partition coefficient (Wildman–Crippen LogP) is -0.679. The molecule has 0 saturated carbocycles. The van der Waals surface area contributed by atoms with E-state index >= 15 is 0 Å². The molecule has 76 valence electrons. The van der Waals surface area contributed by atoms with Gasteiger partial charge in [0.2, 0.25) is 5.78 Å². The third-order valence-corrected chi connectivity index (χ3v) is 2.33. The summed E-state index contributed by atoms with van der Waals surface area (Å²) in [6, 6.07) is 0. The minimum absolute atomic E-state index is 0.0367. The Kier molecular flexibility index (Phi) is 3.77. The maximum absolute atomic E-state index is 10.9. The molecule has 0 fully saturated rings. The summed E-state index contributed by atoms with van der Waals surface area (Å²) in [6.45, 7) is 3.22. The third kappa shape index (κ3) is 6.44. The van der Waals surface area contributed by atoms with Gasteiger partial charge >= 0.3 is 0 Å². The van der Waals surface area contributed by atoms with E-state index in [4.69, 9.17) is 0 Å². The van der Waals surface area contributed by atoms with Gasteiger partial charge in [0, 0.05) is 0 Å². The largest absolute Gasteiger partial charge is 0.744 e. The number of likely N-dealkylation sites (N-methyl/N-ethyl adjacent to an activating group) is 1. The summed E-state index contributed by atoms with van der Waals surface area (Å²) < 4.78 is 31.1. The molecule has 0 N–H and O–H groups in total. The highest BCUT2D eigenvalue weighted by Gasteiger charge is 2.21. The molecule has 0 saturated heterocycles. The van der Waals surface area contributed by atoms with Gasteiger partial charge in [-0.25, -0.2) is 8.42 Å². The lowest BCUT2D eigenvalue weighted by Gasteiger charge is -2.29.